The number of carbonyl (C=O) groups excluding carboxylic acids is 2. The molecule has 20 heavy (non-hydrogen) atoms. The zero-order valence-corrected chi connectivity index (χ0v) is 11.9. The molecule has 1 saturated heterocycles. The van der Waals surface area contributed by atoms with Crippen LogP contribution in [0.4, 0.5) is 4.79 Å². The predicted molar refractivity (Wildman–Crippen MR) is 72.3 cm³/mol. The second-order valence-corrected chi connectivity index (χ2v) is 4.69. The van der Waals surface area contributed by atoms with Crippen LogP contribution in [0.1, 0.15) is 13.3 Å². The zero-order valence-electron chi connectivity index (χ0n) is 11.9. The van der Waals surface area contributed by atoms with Gasteiger partial charge in [-0.1, -0.05) is 0 Å². The molecule has 1 aliphatic rings. The first-order chi connectivity index (χ1) is 9.45. The molecule has 0 aromatic rings. The van der Waals surface area contributed by atoms with Crippen molar-refractivity contribution >= 4 is 17.9 Å². The van der Waals surface area contributed by atoms with E-state index < -0.39 is 12.0 Å². The molecule has 114 valence electrons. The van der Waals surface area contributed by atoms with Gasteiger partial charge >= 0.3 is 12.0 Å². The smallest absolute Gasteiger partial charge is 0.320 e. The first-order valence-corrected chi connectivity index (χ1v) is 6.66. The summed E-state index contributed by atoms with van der Waals surface area (Å²) < 4.78 is 0. The fourth-order valence-corrected chi connectivity index (χ4v) is 1.99. The Morgan fingerprint density at radius 1 is 1.20 bits per heavy atom. The Hall–Kier alpha value is -1.83. The molecule has 0 aromatic heterocycles. The van der Waals surface area contributed by atoms with Gasteiger partial charge in [-0.05, 0) is 6.92 Å². The van der Waals surface area contributed by atoms with E-state index >= 15 is 0 Å². The van der Waals surface area contributed by atoms with Crippen molar-refractivity contribution in [1.29, 1.82) is 0 Å². The quantitative estimate of drug-likeness (QED) is 0.597. The highest BCUT2D eigenvalue weighted by Crippen LogP contribution is 2.06. The Labute approximate surface area is 118 Å². The van der Waals surface area contributed by atoms with Gasteiger partial charge in [0, 0.05) is 46.2 Å². The van der Waals surface area contributed by atoms with E-state index in [9.17, 15) is 14.4 Å². The molecule has 1 atom stereocenters. The molecule has 0 spiro atoms. The number of piperazine rings is 1. The van der Waals surface area contributed by atoms with Gasteiger partial charge in [-0.15, -0.1) is 0 Å². The summed E-state index contributed by atoms with van der Waals surface area (Å²) in [6, 6.07) is -0.745. The van der Waals surface area contributed by atoms with Crippen molar-refractivity contribution in [2.75, 3.05) is 39.8 Å². The van der Waals surface area contributed by atoms with Crippen LogP contribution in [0.2, 0.25) is 0 Å². The van der Waals surface area contributed by atoms with Gasteiger partial charge in [0.15, 0.2) is 0 Å². The van der Waals surface area contributed by atoms with Gasteiger partial charge in [-0.25, -0.2) is 4.79 Å². The largest absolute Gasteiger partial charge is 0.480 e. The average molecular weight is 286 g/mol. The average Bonchev–Trinajstić information content (AvgIpc) is 2.46. The van der Waals surface area contributed by atoms with Gasteiger partial charge in [-0.2, -0.15) is 0 Å². The molecule has 8 nitrogen and oxygen atoms in total. The molecule has 1 unspecified atom stereocenters. The van der Waals surface area contributed by atoms with Crippen LogP contribution in [0.15, 0.2) is 0 Å². The molecule has 0 radical (unpaired) electrons. The van der Waals surface area contributed by atoms with E-state index in [2.05, 4.69) is 10.6 Å². The summed E-state index contributed by atoms with van der Waals surface area (Å²) in [7, 11) is 1.55. The number of hydrogen-bond donors (Lipinski definition) is 3. The lowest BCUT2D eigenvalue weighted by Gasteiger charge is -2.36. The molecule has 0 aliphatic carbocycles. The topological polar surface area (TPSA) is 102 Å². The Balaban J connectivity index is 2.28. The molecule has 1 aliphatic heterocycles. The molecule has 1 rings (SSSR count). The maximum Gasteiger partial charge on any atom is 0.320 e. The monoisotopic (exact) mass is 286 g/mol. The minimum Gasteiger partial charge on any atom is -0.480 e. The number of urea groups is 1. The predicted octanol–water partition coefficient (Wildman–Crippen LogP) is -1.08. The van der Waals surface area contributed by atoms with Gasteiger partial charge in [0.25, 0.3) is 0 Å². The van der Waals surface area contributed by atoms with Gasteiger partial charge in [-0.3, -0.25) is 14.5 Å². The summed E-state index contributed by atoms with van der Waals surface area (Å²) in [6.45, 7) is 3.99. The minimum atomic E-state index is -0.853. The van der Waals surface area contributed by atoms with Crippen molar-refractivity contribution in [3.8, 4) is 0 Å². The summed E-state index contributed by atoms with van der Waals surface area (Å²) in [5.74, 6) is -0.973. The highest BCUT2D eigenvalue weighted by Gasteiger charge is 2.26. The molecule has 3 N–H and O–H groups in total. The Morgan fingerprint density at radius 3 is 2.30 bits per heavy atom. The number of nitrogens with zero attached hydrogens (tertiary/aromatic N) is 2. The summed E-state index contributed by atoms with van der Waals surface area (Å²) in [5.41, 5.74) is 0. The lowest BCUT2D eigenvalue weighted by molar-refractivity contribution is -0.143. The van der Waals surface area contributed by atoms with Crippen molar-refractivity contribution in [2.45, 2.75) is 19.4 Å². The number of hydrogen-bond acceptors (Lipinski definition) is 4. The van der Waals surface area contributed by atoms with E-state index in [1.54, 1.807) is 18.9 Å². The molecule has 8 heteroatoms. The molecule has 1 heterocycles. The Morgan fingerprint density at radius 2 is 1.80 bits per heavy atom. The lowest BCUT2D eigenvalue weighted by Crippen LogP contribution is -2.55. The van der Waals surface area contributed by atoms with Crippen LogP contribution < -0.4 is 10.6 Å². The van der Waals surface area contributed by atoms with Crippen LogP contribution in [0, 0.1) is 0 Å². The van der Waals surface area contributed by atoms with Gasteiger partial charge in [0.05, 0.1) is 0 Å². The van der Waals surface area contributed by atoms with Crippen LogP contribution in [0.5, 0.6) is 0 Å². The van der Waals surface area contributed by atoms with Gasteiger partial charge in [0.2, 0.25) is 5.91 Å². The van der Waals surface area contributed by atoms with Gasteiger partial charge < -0.3 is 20.6 Å². The highest BCUT2D eigenvalue weighted by atomic mass is 16.4. The third-order valence-electron chi connectivity index (χ3n) is 3.41. The first-order valence-electron chi connectivity index (χ1n) is 6.66. The van der Waals surface area contributed by atoms with Crippen LogP contribution in [-0.2, 0) is 9.59 Å². The summed E-state index contributed by atoms with van der Waals surface area (Å²) >= 11 is 0. The number of carboxylic acid groups (broad SMARTS) is 1. The van der Waals surface area contributed by atoms with Crippen molar-refractivity contribution in [3.63, 3.8) is 0 Å². The first kappa shape index (κ1) is 16.2. The minimum absolute atomic E-state index is 0.120. The van der Waals surface area contributed by atoms with Crippen LogP contribution in [0.3, 0.4) is 0 Å². The summed E-state index contributed by atoms with van der Waals surface area (Å²) in [5, 5.41) is 14.1. The van der Waals surface area contributed by atoms with E-state index in [-0.39, 0.29) is 18.4 Å². The second-order valence-electron chi connectivity index (χ2n) is 4.69. The fraction of sp³-hybridized carbons (Fsp3) is 0.750. The maximum atomic E-state index is 11.8. The lowest BCUT2D eigenvalue weighted by atomic mass is 10.2. The zero-order chi connectivity index (χ0) is 15.1. The van der Waals surface area contributed by atoms with E-state index in [0.717, 1.165) is 0 Å². The molecule has 0 aromatic carbocycles. The van der Waals surface area contributed by atoms with Crippen molar-refractivity contribution in [3.05, 3.63) is 0 Å². The molecular formula is C12H22N4O4. The standard InChI is InChI=1S/C12H22N4O4/c1-9(11(18)19)15-5-7-16(8-6-15)12(20)14-4-3-10(17)13-2/h9H,3-8H2,1-2H3,(H,13,17)(H,14,20)(H,18,19). The number of carboxylic acids is 1. The van der Waals surface area contributed by atoms with Gasteiger partial charge in [0.1, 0.15) is 6.04 Å². The van der Waals surface area contributed by atoms with E-state index in [1.807, 2.05) is 4.90 Å². The van der Waals surface area contributed by atoms with Crippen molar-refractivity contribution in [2.24, 2.45) is 0 Å². The number of nitrogens with one attached hydrogen (secondary N) is 2. The third kappa shape index (κ3) is 4.69. The van der Waals surface area contributed by atoms with Crippen LogP contribution in [0.25, 0.3) is 0 Å². The van der Waals surface area contributed by atoms with E-state index in [1.165, 1.54) is 0 Å². The highest BCUT2D eigenvalue weighted by molar-refractivity contribution is 5.78. The summed E-state index contributed by atoms with van der Waals surface area (Å²) in [4.78, 5) is 37.2. The van der Waals surface area contributed by atoms with E-state index in [4.69, 9.17) is 5.11 Å². The van der Waals surface area contributed by atoms with Crippen LogP contribution >= 0.6 is 0 Å². The molecule has 0 bridgehead atoms. The van der Waals surface area contributed by atoms with Crippen molar-refractivity contribution < 1.29 is 19.5 Å². The molecule has 1 fully saturated rings. The Kier molecular flexibility index (Phi) is 6.23. The van der Waals surface area contributed by atoms with Crippen LogP contribution in [-0.4, -0.2) is 78.6 Å². The molecule has 0 saturated carbocycles. The number of carbonyl (C=O) groups is 3. The number of rotatable bonds is 5. The second kappa shape index (κ2) is 7.68. The summed E-state index contributed by atoms with van der Waals surface area (Å²) in [6.07, 6.45) is 0.248. The normalized spacial score (nSPS) is 17.4. The SMILES string of the molecule is CNC(=O)CCNC(=O)N1CCN(C(C)C(=O)O)CC1. The third-order valence-corrected chi connectivity index (χ3v) is 3.41. The number of aliphatic carboxylic acids is 1. The van der Waals surface area contributed by atoms with Crippen molar-refractivity contribution in [1.82, 2.24) is 20.4 Å². The maximum absolute atomic E-state index is 11.8. The molecule has 3 amide bonds. The van der Waals surface area contributed by atoms with E-state index in [0.29, 0.717) is 32.7 Å². The fourth-order valence-electron chi connectivity index (χ4n) is 1.99. The number of amides is 3. The Bertz CT molecular complexity index is 366. The molecular weight excluding hydrogens is 264 g/mol.